The van der Waals surface area contributed by atoms with Gasteiger partial charge in [0.05, 0.1) is 0 Å². The summed E-state index contributed by atoms with van der Waals surface area (Å²) in [5.41, 5.74) is 10.7. The Hall–Kier alpha value is -4.07. The molecule has 0 unspecified atom stereocenters. The summed E-state index contributed by atoms with van der Waals surface area (Å²) in [6, 6.07) is 37.0. The van der Waals surface area contributed by atoms with Crippen molar-refractivity contribution in [3.8, 4) is 0 Å². The summed E-state index contributed by atoms with van der Waals surface area (Å²) >= 11 is 0. The third-order valence-corrected chi connectivity index (χ3v) is 6.44. The first-order chi connectivity index (χ1) is 18.2. The van der Waals surface area contributed by atoms with Crippen LogP contribution in [0.2, 0.25) is 0 Å². The van der Waals surface area contributed by atoms with E-state index in [1.165, 1.54) is 11.4 Å². The molecule has 4 aromatic rings. The fourth-order valence-corrected chi connectivity index (χ4v) is 3.90. The number of anilines is 2. The molecule has 0 aromatic heterocycles. The molecule has 4 rings (SSSR count). The van der Waals surface area contributed by atoms with Gasteiger partial charge in [-0.05, 0) is 0 Å². The predicted octanol–water partition coefficient (Wildman–Crippen LogP) is 8.66. The molecule has 0 saturated heterocycles. The Morgan fingerprint density at radius 1 is 0.385 bits per heavy atom. The summed E-state index contributed by atoms with van der Waals surface area (Å²) in [7, 11) is 8.14. The molecule has 0 amide bonds. The van der Waals surface area contributed by atoms with Gasteiger partial charge in [-0.1, -0.05) is 60.7 Å². The standard InChI is InChI=1S/2C18H19N.Ni/c2*1-14(16-8-6-5-7-9-16)15(2)17-10-12-18(13-11-17)19(3)4;/h2*5-13H,1-2H2,3-4H3;/q2*-2;/b2*15-14-;. The van der Waals surface area contributed by atoms with Crippen molar-refractivity contribution in [1.82, 2.24) is 0 Å². The summed E-state index contributed by atoms with van der Waals surface area (Å²) in [6.45, 7) is 16.6. The first kappa shape index (κ1) is 31.2. The smallest absolute Gasteiger partial charge is 0.0339 e. The second-order valence-corrected chi connectivity index (χ2v) is 9.53. The van der Waals surface area contributed by atoms with Crippen LogP contribution in [0.5, 0.6) is 0 Å². The molecule has 0 aliphatic rings. The number of nitrogens with zero attached hydrogens (tertiary/aromatic N) is 2. The van der Waals surface area contributed by atoms with Gasteiger partial charge < -0.3 is 9.80 Å². The zero-order chi connectivity index (χ0) is 27.7. The first-order valence-corrected chi connectivity index (χ1v) is 12.6. The van der Waals surface area contributed by atoms with E-state index in [1.54, 1.807) is 0 Å². The summed E-state index contributed by atoms with van der Waals surface area (Å²) in [6.07, 6.45) is 0. The third kappa shape index (κ3) is 8.47. The van der Waals surface area contributed by atoms with Gasteiger partial charge in [-0.15, -0.1) is 48.5 Å². The summed E-state index contributed by atoms with van der Waals surface area (Å²) in [5, 5.41) is 0. The number of hydrogen-bond donors (Lipinski definition) is 0. The Bertz CT molecular complexity index is 1240. The number of hydrogen-bond acceptors (Lipinski definition) is 2. The van der Waals surface area contributed by atoms with Crippen LogP contribution in [0.3, 0.4) is 0 Å². The third-order valence-electron chi connectivity index (χ3n) is 6.44. The normalized spacial score (nSPS) is 11.6. The van der Waals surface area contributed by atoms with Gasteiger partial charge in [-0.3, -0.25) is 50.0 Å². The Morgan fingerprint density at radius 3 is 0.846 bits per heavy atom. The minimum Gasteiger partial charge on any atom is -0.378 e. The molecule has 0 saturated carbocycles. The van der Waals surface area contributed by atoms with Crippen LogP contribution in [0.4, 0.5) is 11.4 Å². The van der Waals surface area contributed by atoms with Crippen LogP contribution in [-0.4, -0.2) is 28.2 Å². The Morgan fingerprint density at radius 2 is 0.615 bits per heavy atom. The zero-order valence-electron chi connectivity index (χ0n) is 23.4. The van der Waals surface area contributed by atoms with E-state index in [1.807, 2.05) is 64.6 Å². The van der Waals surface area contributed by atoms with E-state index in [2.05, 4.69) is 110 Å². The number of allylic oxidation sites excluding steroid dienone is 4. The van der Waals surface area contributed by atoms with Gasteiger partial charge in [0, 0.05) is 56.1 Å². The van der Waals surface area contributed by atoms with E-state index in [4.69, 9.17) is 0 Å². The average molecular weight is 557 g/mol. The van der Waals surface area contributed by atoms with Crippen LogP contribution in [0.15, 0.2) is 109 Å². The molecule has 39 heavy (non-hydrogen) atoms. The van der Waals surface area contributed by atoms with Crippen molar-refractivity contribution in [3.05, 3.63) is 159 Å². The van der Waals surface area contributed by atoms with Gasteiger partial charge in [-0.2, -0.15) is 22.3 Å². The van der Waals surface area contributed by atoms with Crippen LogP contribution >= 0.6 is 0 Å². The van der Waals surface area contributed by atoms with Crippen LogP contribution in [-0.2, 0) is 16.5 Å². The van der Waals surface area contributed by atoms with Crippen molar-refractivity contribution in [2.24, 2.45) is 0 Å². The number of rotatable bonds is 6. The van der Waals surface area contributed by atoms with E-state index in [0.717, 1.165) is 44.5 Å². The van der Waals surface area contributed by atoms with Crippen molar-refractivity contribution in [2.75, 3.05) is 38.0 Å². The molecule has 0 N–H and O–H groups in total. The van der Waals surface area contributed by atoms with Gasteiger partial charge in [0.25, 0.3) is 0 Å². The molecule has 0 aliphatic heterocycles. The monoisotopic (exact) mass is 556 g/mol. The molecule has 2 nitrogen and oxygen atoms in total. The maximum atomic E-state index is 4.16. The fourth-order valence-electron chi connectivity index (χ4n) is 3.90. The van der Waals surface area contributed by atoms with Crippen molar-refractivity contribution >= 4 is 33.7 Å². The van der Waals surface area contributed by atoms with Gasteiger partial charge >= 0.3 is 0 Å². The zero-order valence-corrected chi connectivity index (χ0v) is 24.4. The van der Waals surface area contributed by atoms with Crippen molar-refractivity contribution in [3.63, 3.8) is 0 Å². The molecule has 206 valence electrons. The Labute approximate surface area is 246 Å². The van der Waals surface area contributed by atoms with Gasteiger partial charge in [0.15, 0.2) is 0 Å². The molecule has 0 heterocycles. The molecule has 0 spiro atoms. The summed E-state index contributed by atoms with van der Waals surface area (Å²) < 4.78 is 0. The molecule has 3 heteroatoms. The SMILES string of the molecule is [CH2-]/C(=C(\[CH2-])c1ccc(N(C)C)cc1)c1ccccc1.[CH2-]/C(=C(\[CH2-])c1ccc(N(C)C)cc1)c1ccccc1.[Ni]. The van der Waals surface area contributed by atoms with Crippen LogP contribution < -0.4 is 9.80 Å². The topological polar surface area (TPSA) is 6.48 Å². The van der Waals surface area contributed by atoms with E-state index >= 15 is 0 Å². The molecule has 0 fully saturated rings. The average Bonchev–Trinajstić information content (AvgIpc) is 2.97. The van der Waals surface area contributed by atoms with Crippen molar-refractivity contribution < 1.29 is 16.5 Å². The van der Waals surface area contributed by atoms with Crippen LogP contribution in [0.25, 0.3) is 22.3 Å². The van der Waals surface area contributed by atoms with E-state index in [0.29, 0.717) is 0 Å². The maximum Gasteiger partial charge on any atom is 0.0339 e. The van der Waals surface area contributed by atoms with Gasteiger partial charge in [-0.25, -0.2) is 0 Å². The molecule has 4 aromatic carbocycles. The maximum absolute atomic E-state index is 4.16. The molecule has 0 bridgehead atoms. The second kappa shape index (κ2) is 14.8. The molecular weight excluding hydrogens is 519 g/mol. The van der Waals surface area contributed by atoms with Crippen molar-refractivity contribution in [2.45, 2.75) is 0 Å². The minimum absolute atomic E-state index is 0. The van der Waals surface area contributed by atoms with E-state index < -0.39 is 0 Å². The predicted molar refractivity (Wildman–Crippen MR) is 169 cm³/mol. The molecule has 0 aliphatic carbocycles. The molecular formula is C36H38N2Ni-4. The van der Waals surface area contributed by atoms with Gasteiger partial charge in [0.1, 0.15) is 0 Å². The molecule has 0 radical (unpaired) electrons. The van der Waals surface area contributed by atoms with Crippen LogP contribution in [0, 0.1) is 27.7 Å². The van der Waals surface area contributed by atoms with E-state index in [-0.39, 0.29) is 16.5 Å². The fraction of sp³-hybridized carbons (Fsp3) is 0.111. The second-order valence-electron chi connectivity index (χ2n) is 9.53. The van der Waals surface area contributed by atoms with Crippen LogP contribution in [0.1, 0.15) is 22.3 Å². The number of benzene rings is 4. The minimum atomic E-state index is 0. The van der Waals surface area contributed by atoms with Gasteiger partial charge in [0.2, 0.25) is 0 Å². The summed E-state index contributed by atoms with van der Waals surface area (Å²) in [4.78, 5) is 4.16. The molecule has 0 atom stereocenters. The van der Waals surface area contributed by atoms with E-state index in [9.17, 15) is 0 Å². The largest absolute Gasteiger partial charge is 0.378 e. The van der Waals surface area contributed by atoms with Crippen molar-refractivity contribution in [1.29, 1.82) is 0 Å². The quantitative estimate of drug-likeness (QED) is 0.133. The first-order valence-electron chi connectivity index (χ1n) is 12.6. The summed E-state index contributed by atoms with van der Waals surface area (Å²) in [5.74, 6) is 0. The Balaban J connectivity index is 0.000000267. The Kier molecular flexibility index (Phi) is 11.8.